The fourth-order valence-corrected chi connectivity index (χ4v) is 2.25. The largest absolute Gasteiger partial charge is 0.497 e. The monoisotopic (exact) mass is 325 g/mol. The molecular weight excluding hydrogens is 313 g/mol. The molecular formula is C15H13Cl2NO3. The van der Waals surface area contributed by atoms with Crippen molar-refractivity contribution in [3.8, 4) is 11.5 Å². The van der Waals surface area contributed by atoms with Crippen molar-refractivity contribution < 1.29 is 14.3 Å². The van der Waals surface area contributed by atoms with Crippen molar-refractivity contribution in [1.82, 2.24) is 0 Å². The highest BCUT2D eigenvalue weighted by Gasteiger charge is 2.12. The van der Waals surface area contributed by atoms with Crippen LogP contribution in [0.2, 0.25) is 10.0 Å². The van der Waals surface area contributed by atoms with E-state index in [4.69, 9.17) is 32.7 Å². The van der Waals surface area contributed by atoms with Gasteiger partial charge in [0, 0.05) is 28.9 Å². The Morgan fingerprint density at radius 1 is 1.00 bits per heavy atom. The molecule has 0 aliphatic heterocycles. The molecule has 0 aliphatic carbocycles. The summed E-state index contributed by atoms with van der Waals surface area (Å²) >= 11 is 11.8. The van der Waals surface area contributed by atoms with Crippen molar-refractivity contribution in [2.45, 2.75) is 0 Å². The molecule has 2 rings (SSSR count). The maximum Gasteiger partial charge on any atom is 0.257 e. The molecule has 0 saturated heterocycles. The third kappa shape index (κ3) is 3.80. The molecule has 0 bridgehead atoms. The number of rotatable bonds is 4. The zero-order chi connectivity index (χ0) is 15.4. The Bertz CT molecular complexity index is 652. The summed E-state index contributed by atoms with van der Waals surface area (Å²) in [7, 11) is 3.08. The first-order valence-electron chi connectivity index (χ1n) is 6.03. The smallest absolute Gasteiger partial charge is 0.257 e. The zero-order valence-corrected chi connectivity index (χ0v) is 13.0. The van der Waals surface area contributed by atoms with Crippen LogP contribution >= 0.6 is 23.2 Å². The number of hydrogen-bond acceptors (Lipinski definition) is 3. The van der Waals surface area contributed by atoms with Gasteiger partial charge in [0.05, 0.1) is 24.8 Å². The second-order valence-electron chi connectivity index (χ2n) is 4.18. The number of ether oxygens (including phenoxy) is 2. The first kappa shape index (κ1) is 15.5. The van der Waals surface area contributed by atoms with E-state index in [0.717, 1.165) is 0 Å². The summed E-state index contributed by atoms with van der Waals surface area (Å²) in [4.78, 5) is 12.2. The van der Waals surface area contributed by atoms with E-state index in [0.29, 0.717) is 27.8 Å². The molecule has 6 heteroatoms. The SMILES string of the molecule is COc1cc(NC(=O)c2ccc(Cl)cc2Cl)cc(OC)c1. The van der Waals surface area contributed by atoms with E-state index in [2.05, 4.69) is 5.32 Å². The Balaban J connectivity index is 2.26. The molecule has 0 unspecified atom stereocenters. The van der Waals surface area contributed by atoms with Gasteiger partial charge in [-0.2, -0.15) is 0 Å². The van der Waals surface area contributed by atoms with E-state index in [1.54, 1.807) is 30.3 Å². The fraction of sp³-hybridized carbons (Fsp3) is 0.133. The highest BCUT2D eigenvalue weighted by molar-refractivity contribution is 6.37. The van der Waals surface area contributed by atoms with Gasteiger partial charge in [0.1, 0.15) is 11.5 Å². The van der Waals surface area contributed by atoms with Gasteiger partial charge in [-0.3, -0.25) is 4.79 Å². The Hall–Kier alpha value is -1.91. The number of carbonyl (C=O) groups excluding carboxylic acids is 1. The third-order valence-electron chi connectivity index (χ3n) is 2.79. The third-order valence-corrected chi connectivity index (χ3v) is 3.33. The molecule has 0 heterocycles. The first-order chi connectivity index (χ1) is 10.0. The van der Waals surface area contributed by atoms with Gasteiger partial charge in [0.2, 0.25) is 0 Å². The number of nitrogens with one attached hydrogen (secondary N) is 1. The molecule has 0 spiro atoms. The van der Waals surface area contributed by atoms with Crippen molar-refractivity contribution in [2.24, 2.45) is 0 Å². The summed E-state index contributed by atoms with van der Waals surface area (Å²) in [5.41, 5.74) is 0.880. The number of methoxy groups -OCH3 is 2. The van der Waals surface area contributed by atoms with Crippen LogP contribution in [0.3, 0.4) is 0 Å². The van der Waals surface area contributed by atoms with Gasteiger partial charge in [0.15, 0.2) is 0 Å². The maximum absolute atomic E-state index is 12.2. The van der Waals surface area contributed by atoms with Crippen molar-refractivity contribution in [3.63, 3.8) is 0 Å². The maximum atomic E-state index is 12.2. The molecule has 2 aromatic carbocycles. The van der Waals surface area contributed by atoms with Crippen molar-refractivity contribution in [3.05, 3.63) is 52.0 Å². The summed E-state index contributed by atoms with van der Waals surface area (Å²) in [5, 5.41) is 3.50. The van der Waals surface area contributed by atoms with E-state index in [-0.39, 0.29) is 10.9 Å². The zero-order valence-electron chi connectivity index (χ0n) is 11.4. The minimum Gasteiger partial charge on any atom is -0.497 e. The fourth-order valence-electron chi connectivity index (χ4n) is 1.75. The van der Waals surface area contributed by atoms with E-state index in [9.17, 15) is 4.79 Å². The molecule has 0 atom stereocenters. The van der Waals surface area contributed by atoms with Gasteiger partial charge >= 0.3 is 0 Å². The lowest BCUT2D eigenvalue weighted by molar-refractivity contribution is 0.102. The van der Waals surface area contributed by atoms with E-state index in [1.807, 2.05) is 0 Å². The minimum atomic E-state index is -0.341. The lowest BCUT2D eigenvalue weighted by atomic mass is 10.2. The van der Waals surface area contributed by atoms with Crippen LogP contribution < -0.4 is 14.8 Å². The van der Waals surface area contributed by atoms with Crippen LogP contribution in [0.4, 0.5) is 5.69 Å². The van der Waals surface area contributed by atoms with Crippen molar-refractivity contribution in [2.75, 3.05) is 19.5 Å². The molecule has 110 valence electrons. The quantitative estimate of drug-likeness (QED) is 0.913. The lowest BCUT2D eigenvalue weighted by Gasteiger charge is -2.10. The molecule has 4 nitrogen and oxygen atoms in total. The molecule has 0 saturated carbocycles. The molecule has 0 radical (unpaired) electrons. The second kappa shape index (κ2) is 6.70. The molecule has 1 amide bonds. The molecule has 0 fully saturated rings. The van der Waals surface area contributed by atoms with Crippen LogP contribution in [0.15, 0.2) is 36.4 Å². The summed E-state index contributed by atoms with van der Waals surface area (Å²) in [6.45, 7) is 0. The summed E-state index contributed by atoms with van der Waals surface area (Å²) in [6, 6.07) is 9.77. The Morgan fingerprint density at radius 3 is 2.14 bits per heavy atom. The normalized spacial score (nSPS) is 10.1. The average molecular weight is 326 g/mol. The number of hydrogen-bond donors (Lipinski definition) is 1. The number of benzene rings is 2. The van der Waals surface area contributed by atoms with E-state index < -0.39 is 0 Å². The van der Waals surface area contributed by atoms with Gasteiger partial charge in [-0.1, -0.05) is 23.2 Å². The summed E-state index contributed by atoms with van der Waals surface area (Å²) in [5.74, 6) is 0.811. The Morgan fingerprint density at radius 2 is 1.62 bits per heavy atom. The first-order valence-corrected chi connectivity index (χ1v) is 6.78. The summed E-state index contributed by atoms with van der Waals surface area (Å²) in [6.07, 6.45) is 0. The lowest BCUT2D eigenvalue weighted by Crippen LogP contribution is -2.12. The number of halogens is 2. The predicted molar refractivity (Wildman–Crippen MR) is 84.0 cm³/mol. The van der Waals surface area contributed by atoms with Crippen molar-refractivity contribution >= 4 is 34.8 Å². The molecule has 0 aliphatic rings. The van der Waals surface area contributed by atoms with Gasteiger partial charge in [-0.15, -0.1) is 0 Å². The number of anilines is 1. The molecule has 1 N–H and O–H groups in total. The second-order valence-corrected chi connectivity index (χ2v) is 5.02. The number of amides is 1. The van der Waals surface area contributed by atoms with Crippen molar-refractivity contribution in [1.29, 1.82) is 0 Å². The van der Waals surface area contributed by atoms with E-state index >= 15 is 0 Å². The van der Waals surface area contributed by atoms with Gasteiger partial charge in [-0.25, -0.2) is 0 Å². The Kier molecular flexibility index (Phi) is 4.94. The van der Waals surface area contributed by atoms with Gasteiger partial charge in [0.25, 0.3) is 5.91 Å². The predicted octanol–water partition coefficient (Wildman–Crippen LogP) is 4.26. The highest BCUT2D eigenvalue weighted by atomic mass is 35.5. The van der Waals surface area contributed by atoms with Crippen LogP contribution in [0.1, 0.15) is 10.4 Å². The average Bonchev–Trinajstić information content (AvgIpc) is 2.46. The molecule has 0 aromatic heterocycles. The standard InChI is InChI=1S/C15H13Cl2NO3/c1-20-11-6-10(7-12(8-11)21-2)18-15(19)13-4-3-9(16)5-14(13)17/h3-8H,1-2H3,(H,18,19). The molecule has 2 aromatic rings. The topological polar surface area (TPSA) is 47.6 Å². The van der Waals surface area contributed by atoms with Crippen LogP contribution in [0, 0.1) is 0 Å². The Labute approximate surface area is 132 Å². The van der Waals surface area contributed by atoms with E-state index in [1.165, 1.54) is 20.3 Å². The minimum absolute atomic E-state index is 0.287. The summed E-state index contributed by atoms with van der Waals surface area (Å²) < 4.78 is 10.3. The van der Waals surface area contributed by atoms with Crippen LogP contribution in [-0.4, -0.2) is 20.1 Å². The van der Waals surface area contributed by atoms with Crippen LogP contribution in [-0.2, 0) is 0 Å². The van der Waals surface area contributed by atoms with Gasteiger partial charge < -0.3 is 14.8 Å². The number of carbonyl (C=O) groups is 1. The van der Waals surface area contributed by atoms with Crippen LogP contribution in [0.25, 0.3) is 0 Å². The van der Waals surface area contributed by atoms with Gasteiger partial charge in [-0.05, 0) is 18.2 Å². The molecule has 21 heavy (non-hydrogen) atoms. The highest BCUT2D eigenvalue weighted by Crippen LogP contribution is 2.27. The van der Waals surface area contributed by atoms with Crippen LogP contribution in [0.5, 0.6) is 11.5 Å².